The quantitative estimate of drug-likeness (QED) is 0.562. The first kappa shape index (κ1) is 12.2. The van der Waals surface area contributed by atoms with Crippen molar-refractivity contribution in [2.75, 3.05) is 5.32 Å². The first-order valence-electron chi connectivity index (χ1n) is 6.10. The molecule has 6 heteroatoms. The Balaban J connectivity index is 1.99. The molecule has 0 radical (unpaired) electrons. The summed E-state index contributed by atoms with van der Waals surface area (Å²) >= 11 is 0. The van der Waals surface area contributed by atoms with Crippen LogP contribution in [0.5, 0.6) is 0 Å². The lowest BCUT2D eigenvalue weighted by Crippen LogP contribution is -1.98. The van der Waals surface area contributed by atoms with Gasteiger partial charge in [-0.05, 0) is 30.7 Å². The molecule has 2 N–H and O–H groups in total. The summed E-state index contributed by atoms with van der Waals surface area (Å²) in [4.78, 5) is 18.0. The van der Waals surface area contributed by atoms with Crippen molar-refractivity contribution in [1.29, 1.82) is 0 Å². The number of hydrogen-bond donors (Lipinski definition) is 2. The van der Waals surface area contributed by atoms with E-state index in [-0.39, 0.29) is 5.69 Å². The Morgan fingerprint density at radius 3 is 2.85 bits per heavy atom. The number of fused-ring (bicyclic) bond motifs is 1. The Morgan fingerprint density at radius 2 is 2.05 bits per heavy atom. The number of nitro benzene ring substituents is 1. The molecule has 100 valence electrons. The zero-order chi connectivity index (χ0) is 14.1. The van der Waals surface area contributed by atoms with Crippen molar-refractivity contribution in [2.24, 2.45) is 0 Å². The first-order valence-corrected chi connectivity index (χ1v) is 6.10. The van der Waals surface area contributed by atoms with Gasteiger partial charge in [0.15, 0.2) is 0 Å². The predicted molar refractivity (Wildman–Crippen MR) is 77.2 cm³/mol. The number of nitrogens with one attached hydrogen (secondary N) is 2. The number of benzene rings is 1. The van der Waals surface area contributed by atoms with Crippen molar-refractivity contribution in [3.05, 3.63) is 58.3 Å². The molecule has 0 atom stereocenters. The molecular weight excluding hydrogens is 256 g/mol. The van der Waals surface area contributed by atoms with Crippen molar-refractivity contribution >= 4 is 28.2 Å². The molecule has 0 amide bonds. The number of hydrogen-bond acceptors (Lipinski definition) is 4. The molecule has 3 rings (SSSR count). The molecule has 0 bridgehead atoms. The maximum Gasteiger partial charge on any atom is 0.292 e. The summed E-state index contributed by atoms with van der Waals surface area (Å²) in [5.41, 5.74) is 2.32. The van der Waals surface area contributed by atoms with Gasteiger partial charge in [0, 0.05) is 17.6 Å². The molecule has 6 nitrogen and oxygen atoms in total. The number of anilines is 2. The molecule has 3 aromatic rings. The van der Waals surface area contributed by atoms with Gasteiger partial charge in [-0.3, -0.25) is 10.1 Å². The second-order valence-electron chi connectivity index (χ2n) is 4.46. The Hall–Kier alpha value is -2.89. The maximum absolute atomic E-state index is 11.0. The Labute approximate surface area is 114 Å². The molecule has 0 saturated carbocycles. The number of aromatic nitrogens is 2. The third kappa shape index (κ3) is 2.07. The smallest absolute Gasteiger partial charge is 0.292 e. The molecule has 0 spiro atoms. The second kappa shape index (κ2) is 4.65. The molecule has 0 aliphatic carbocycles. The molecule has 2 heterocycles. The fourth-order valence-corrected chi connectivity index (χ4v) is 2.09. The van der Waals surface area contributed by atoms with Gasteiger partial charge in [0.05, 0.1) is 4.92 Å². The van der Waals surface area contributed by atoms with E-state index in [0.717, 1.165) is 16.6 Å². The van der Waals surface area contributed by atoms with E-state index in [1.54, 1.807) is 24.3 Å². The van der Waals surface area contributed by atoms with E-state index < -0.39 is 4.92 Å². The third-order valence-corrected chi connectivity index (χ3v) is 3.11. The van der Waals surface area contributed by atoms with Gasteiger partial charge in [0.2, 0.25) is 0 Å². The van der Waals surface area contributed by atoms with Crippen LogP contribution in [-0.2, 0) is 0 Å². The van der Waals surface area contributed by atoms with Crippen LogP contribution in [0.15, 0.2) is 42.6 Å². The minimum absolute atomic E-state index is 0.0251. The topological polar surface area (TPSA) is 83.8 Å². The largest absolute Gasteiger partial charge is 0.346 e. The fourth-order valence-electron chi connectivity index (χ4n) is 2.09. The second-order valence-corrected chi connectivity index (χ2v) is 4.46. The van der Waals surface area contributed by atoms with Crippen LogP contribution in [0.2, 0.25) is 0 Å². The number of aryl methyl sites for hydroxylation is 1. The van der Waals surface area contributed by atoms with Crippen molar-refractivity contribution in [2.45, 2.75) is 6.92 Å². The Kier molecular flexibility index (Phi) is 2.83. The molecular formula is C14H12N4O2. The maximum atomic E-state index is 11.0. The molecule has 0 saturated heterocycles. The standard InChI is InChI=1S/C14H12N4O2/c1-9-8-15-14-10(9)6-7-13(17-14)16-11-4-2-3-5-12(11)18(19)20/h2-8H,1H3,(H2,15,16,17). The lowest BCUT2D eigenvalue weighted by molar-refractivity contribution is -0.383. The van der Waals surface area contributed by atoms with E-state index in [1.165, 1.54) is 6.07 Å². The van der Waals surface area contributed by atoms with Crippen LogP contribution in [0, 0.1) is 17.0 Å². The summed E-state index contributed by atoms with van der Waals surface area (Å²) in [6.45, 7) is 2.00. The van der Waals surface area contributed by atoms with Crippen LogP contribution < -0.4 is 5.32 Å². The summed E-state index contributed by atoms with van der Waals surface area (Å²) in [6.07, 6.45) is 1.88. The van der Waals surface area contributed by atoms with Gasteiger partial charge < -0.3 is 10.3 Å². The van der Waals surface area contributed by atoms with E-state index in [9.17, 15) is 10.1 Å². The Bertz CT molecular complexity index is 795. The summed E-state index contributed by atoms with van der Waals surface area (Å²) in [5.74, 6) is 0.564. The van der Waals surface area contributed by atoms with Crippen molar-refractivity contribution in [1.82, 2.24) is 9.97 Å². The summed E-state index contributed by atoms with van der Waals surface area (Å²) in [6, 6.07) is 10.2. The normalized spacial score (nSPS) is 10.7. The predicted octanol–water partition coefficient (Wildman–Crippen LogP) is 3.52. The van der Waals surface area contributed by atoms with Crippen LogP contribution in [-0.4, -0.2) is 14.9 Å². The summed E-state index contributed by atoms with van der Waals surface area (Å²) < 4.78 is 0. The molecule has 0 aliphatic rings. The lowest BCUT2D eigenvalue weighted by Gasteiger charge is -2.06. The first-order chi connectivity index (χ1) is 9.65. The highest BCUT2D eigenvalue weighted by Crippen LogP contribution is 2.27. The minimum atomic E-state index is -0.417. The number of pyridine rings is 1. The van der Waals surface area contributed by atoms with Crippen LogP contribution in [0.4, 0.5) is 17.2 Å². The van der Waals surface area contributed by atoms with Gasteiger partial charge in [-0.1, -0.05) is 12.1 Å². The third-order valence-electron chi connectivity index (χ3n) is 3.11. The number of para-hydroxylation sites is 2. The highest BCUT2D eigenvalue weighted by atomic mass is 16.6. The highest BCUT2D eigenvalue weighted by Gasteiger charge is 2.13. The van der Waals surface area contributed by atoms with Crippen molar-refractivity contribution < 1.29 is 4.92 Å². The Morgan fingerprint density at radius 1 is 1.25 bits per heavy atom. The minimum Gasteiger partial charge on any atom is -0.346 e. The number of aromatic amines is 1. The zero-order valence-electron chi connectivity index (χ0n) is 10.8. The summed E-state index contributed by atoms with van der Waals surface area (Å²) in [5, 5.41) is 15.0. The van der Waals surface area contributed by atoms with Gasteiger partial charge >= 0.3 is 0 Å². The van der Waals surface area contributed by atoms with Crippen molar-refractivity contribution in [3.8, 4) is 0 Å². The molecule has 20 heavy (non-hydrogen) atoms. The van der Waals surface area contributed by atoms with Crippen LogP contribution >= 0.6 is 0 Å². The fraction of sp³-hybridized carbons (Fsp3) is 0.0714. The molecule has 0 aliphatic heterocycles. The number of nitrogens with zero attached hydrogens (tertiary/aromatic N) is 2. The molecule has 2 aromatic heterocycles. The van der Waals surface area contributed by atoms with Gasteiger partial charge in [0.25, 0.3) is 5.69 Å². The average molecular weight is 268 g/mol. The van der Waals surface area contributed by atoms with E-state index in [2.05, 4.69) is 15.3 Å². The molecule has 0 fully saturated rings. The van der Waals surface area contributed by atoms with E-state index in [1.807, 2.05) is 19.2 Å². The summed E-state index contributed by atoms with van der Waals surface area (Å²) in [7, 11) is 0. The lowest BCUT2D eigenvalue weighted by atomic mass is 10.2. The van der Waals surface area contributed by atoms with Crippen molar-refractivity contribution in [3.63, 3.8) is 0 Å². The van der Waals surface area contributed by atoms with Gasteiger partial charge in [-0.2, -0.15) is 0 Å². The van der Waals surface area contributed by atoms with Crippen LogP contribution in [0.1, 0.15) is 5.56 Å². The zero-order valence-corrected chi connectivity index (χ0v) is 10.8. The van der Waals surface area contributed by atoms with Gasteiger partial charge in [-0.15, -0.1) is 0 Å². The van der Waals surface area contributed by atoms with E-state index in [0.29, 0.717) is 11.5 Å². The number of H-pyrrole nitrogens is 1. The highest BCUT2D eigenvalue weighted by molar-refractivity contribution is 5.82. The molecule has 1 aromatic carbocycles. The van der Waals surface area contributed by atoms with Crippen LogP contribution in [0.3, 0.4) is 0 Å². The average Bonchev–Trinajstić information content (AvgIpc) is 2.80. The molecule has 0 unspecified atom stereocenters. The number of rotatable bonds is 3. The SMILES string of the molecule is Cc1c[nH]c2nc(Nc3ccccc3[N+](=O)[O-])ccc12. The van der Waals surface area contributed by atoms with Gasteiger partial charge in [-0.25, -0.2) is 4.98 Å². The van der Waals surface area contributed by atoms with E-state index in [4.69, 9.17) is 0 Å². The van der Waals surface area contributed by atoms with Gasteiger partial charge in [0.1, 0.15) is 17.2 Å². The van der Waals surface area contributed by atoms with E-state index >= 15 is 0 Å². The number of nitro groups is 1. The van der Waals surface area contributed by atoms with Crippen LogP contribution in [0.25, 0.3) is 11.0 Å². The monoisotopic (exact) mass is 268 g/mol.